The summed E-state index contributed by atoms with van der Waals surface area (Å²) in [6, 6.07) is 6.92. The third kappa shape index (κ3) is 5.38. The fourth-order valence-electron chi connectivity index (χ4n) is 3.67. The maximum absolute atomic E-state index is 10.7. The van der Waals surface area contributed by atoms with Crippen LogP contribution in [0.3, 0.4) is 0 Å². The van der Waals surface area contributed by atoms with Gasteiger partial charge in [-0.2, -0.15) is 0 Å². The summed E-state index contributed by atoms with van der Waals surface area (Å²) in [7, 11) is 1.53. The highest BCUT2D eigenvalue weighted by atomic mass is 16.7. The SMILES string of the molecule is COc1ccc(CO[C@H]2[C@@H](O)[C@@H](CO)O[C@@H](O[C@H]3[C@H](O)[C@@H](O)[C@H](O)O[C@@H]3CO)[C@@H]2O)cc1. The number of aliphatic hydroxyl groups excluding tert-OH is 7. The molecule has 182 valence electrons. The summed E-state index contributed by atoms with van der Waals surface area (Å²) in [4.78, 5) is 0. The first-order valence-electron chi connectivity index (χ1n) is 10.1. The number of hydrogen-bond donors (Lipinski definition) is 7. The summed E-state index contributed by atoms with van der Waals surface area (Å²) in [5.74, 6) is 0.646. The van der Waals surface area contributed by atoms with Crippen molar-refractivity contribution < 1.29 is 59.4 Å². The lowest BCUT2D eigenvalue weighted by Gasteiger charge is -2.46. The van der Waals surface area contributed by atoms with Crippen LogP contribution in [0.25, 0.3) is 0 Å². The van der Waals surface area contributed by atoms with Crippen molar-refractivity contribution in [3.8, 4) is 5.75 Å². The topological polar surface area (TPSA) is 188 Å². The summed E-state index contributed by atoms with van der Waals surface area (Å²) in [5, 5.41) is 70.0. The Morgan fingerprint density at radius 2 is 1.44 bits per heavy atom. The standard InChI is InChI=1S/C20H30O12/c1-28-10-4-2-9(3-5-10)8-29-18-13(23)11(6-21)31-20(16(18)26)32-17-12(7-22)30-19(27)15(25)14(17)24/h2-5,11-27H,6-8H2,1H3/t11-,12-,13+,14-,15-,16-,17-,18+,19-,20+/m1/s1. The van der Waals surface area contributed by atoms with Gasteiger partial charge < -0.3 is 59.4 Å². The Bertz CT molecular complexity index is 700. The first-order valence-corrected chi connectivity index (χ1v) is 10.1. The third-order valence-corrected chi connectivity index (χ3v) is 5.55. The van der Waals surface area contributed by atoms with E-state index >= 15 is 0 Å². The Kier molecular flexibility index (Phi) is 8.77. The van der Waals surface area contributed by atoms with Crippen molar-refractivity contribution in [2.75, 3.05) is 20.3 Å². The van der Waals surface area contributed by atoms with E-state index in [0.717, 1.165) is 5.56 Å². The minimum Gasteiger partial charge on any atom is -0.497 e. The van der Waals surface area contributed by atoms with Gasteiger partial charge in [0.1, 0.15) is 54.6 Å². The van der Waals surface area contributed by atoms with Crippen LogP contribution in [0.15, 0.2) is 24.3 Å². The highest BCUT2D eigenvalue weighted by Crippen LogP contribution is 2.30. The lowest BCUT2D eigenvalue weighted by molar-refractivity contribution is -0.358. The molecule has 0 aromatic heterocycles. The molecule has 10 atom stereocenters. The Morgan fingerprint density at radius 1 is 0.781 bits per heavy atom. The molecule has 0 bridgehead atoms. The van der Waals surface area contributed by atoms with Crippen molar-refractivity contribution in [3.05, 3.63) is 29.8 Å². The Morgan fingerprint density at radius 3 is 2.03 bits per heavy atom. The molecule has 32 heavy (non-hydrogen) atoms. The molecule has 2 saturated heterocycles. The molecular formula is C20H30O12. The molecule has 1 aromatic carbocycles. The van der Waals surface area contributed by atoms with Crippen molar-refractivity contribution in [2.45, 2.75) is 68.0 Å². The minimum atomic E-state index is -1.74. The second-order valence-corrected chi connectivity index (χ2v) is 7.66. The lowest BCUT2D eigenvalue weighted by Crippen LogP contribution is -2.64. The van der Waals surface area contributed by atoms with Gasteiger partial charge in [0.2, 0.25) is 0 Å². The average Bonchev–Trinajstić information content (AvgIpc) is 2.80. The van der Waals surface area contributed by atoms with Gasteiger partial charge in [0.25, 0.3) is 0 Å². The van der Waals surface area contributed by atoms with Gasteiger partial charge in [-0.25, -0.2) is 0 Å². The highest BCUT2D eigenvalue weighted by molar-refractivity contribution is 5.26. The molecule has 1 aromatic rings. The van der Waals surface area contributed by atoms with Crippen LogP contribution in [0.2, 0.25) is 0 Å². The van der Waals surface area contributed by atoms with E-state index in [-0.39, 0.29) is 6.61 Å². The van der Waals surface area contributed by atoms with Crippen molar-refractivity contribution >= 4 is 0 Å². The van der Waals surface area contributed by atoms with Crippen LogP contribution >= 0.6 is 0 Å². The number of hydrogen-bond acceptors (Lipinski definition) is 12. The van der Waals surface area contributed by atoms with Crippen LogP contribution in [0, 0.1) is 0 Å². The van der Waals surface area contributed by atoms with Gasteiger partial charge in [0.05, 0.1) is 26.9 Å². The van der Waals surface area contributed by atoms with E-state index in [4.69, 9.17) is 23.7 Å². The van der Waals surface area contributed by atoms with Gasteiger partial charge in [0.15, 0.2) is 12.6 Å². The molecule has 12 heteroatoms. The van der Waals surface area contributed by atoms with Crippen LogP contribution in [0.1, 0.15) is 5.56 Å². The smallest absolute Gasteiger partial charge is 0.187 e. The zero-order chi connectivity index (χ0) is 23.4. The van der Waals surface area contributed by atoms with Gasteiger partial charge in [-0.15, -0.1) is 0 Å². The van der Waals surface area contributed by atoms with Crippen molar-refractivity contribution in [3.63, 3.8) is 0 Å². The number of ether oxygens (including phenoxy) is 5. The number of methoxy groups -OCH3 is 1. The zero-order valence-electron chi connectivity index (χ0n) is 17.4. The molecule has 0 amide bonds. The second kappa shape index (κ2) is 11.1. The minimum absolute atomic E-state index is 0.00693. The molecule has 0 saturated carbocycles. The van der Waals surface area contributed by atoms with Crippen molar-refractivity contribution in [1.29, 1.82) is 0 Å². The van der Waals surface area contributed by atoms with Crippen LogP contribution in [0.4, 0.5) is 0 Å². The van der Waals surface area contributed by atoms with E-state index in [1.54, 1.807) is 24.3 Å². The maximum atomic E-state index is 10.7. The lowest BCUT2D eigenvalue weighted by atomic mass is 9.97. The molecule has 0 aliphatic carbocycles. The molecule has 2 aliphatic rings. The molecular weight excluding hydrogens is 432 g/mol. The molecule has 7 N–H and O–H groups in total. The monoisotopic (exact) mass is 462 g/mol. The molecule has 2 heterocycles. The number of benzene rings is 1. The van der Waals surface area contributed by atoms with E-state index in [2.05, 4.69) is 0 Å². The number of rotatable bonds is 8. The largest absolute Gasteiger partial charge is 0.497 e. The van der Waals surface area contributed by atoms with Crippen LogP contribution < -0.4 is 4.74 Å². The maximum Gasteiger partial charge on any atom is 0.187 e. The summed E-state index contributed by atoms with van der Waals surface area (Å²) >= 11 is 0. The molecule has 0 radical (unpaired) electrons. The van der Waals surface area contributed by atoms with E-state index in [1.165, 1.54) is 7.11 Å². The Balaban J connectivity index is 1.71. The van der Waals surface area contributed by atoms with Crippen LogP contribution in [-0.2, 0) is 25.6 Å². The van der Waals surface area contributed by atoms with Gasteiger partial charge in [-0.05, 0) is 17.7 Å². The van der Waals surface area contributed by atoms with Gasteiger partial charge in [-0.3, -0.25) is 0 Å². The van der Waals surface area contributed by atoms with E-state index in [1.807, 2.05) is 0 Å². The fraction of sp³-hybridized carbons (Fsp3) is 0.700. The summed E-state index contributed by atoms with van der Waals surface area (Å²) in [6.45, 7) is -1.28. The highest BCUT2D eigenvalue weighted by Gasteiger charge is 2.50. The van der Waals surface area contributed by atoms with Gasteiger partial charge >= 0.3 is 0 Å². The normalized spacial score (nSPS) is 40.2. The quantitative estimate of drug-likeness (QED) is 0.206. The summed E-state index contributed by atoms with van der Waals surface area (Å²) in [5.41, 5.74) is 0.725. The first kappa shape index (κ1) is 25.2. The number of aliphatic hydroxyl groups is 7. The first-order chi connectivity index (χ1) is 15.3. The predicted molar refractivity (Wildman–Crippen MR) is 104 cm³/mol. The van der Waals surface area contributed by atoms with E-state index < -0.39 is 74.6 Å². The average molecular weight is 462 g/mol. The Labute approximate surface area is 184 Å². The molecule has 12 nitrogen and oxygen atoms in total. The van der Waals surface area contributed by atoms with Crippen molar-refractivity contribution in [2.24, 2.45) is 0 Å². The van der Waals surface area contributed by atoms with E-state index in [0.29, 0.717) is 5.75 Å². The van der Waals surface area contributed by atoms with Gasteiger partial charge in [0, 0.05) is 0 Å². The molecule has 2 fully saturated rings. The fourth-order valence-corrected chi connectivity index (χ4v) is 3.67. The van der Waals surface area contributed by atoms with Crippen LogP contribution in [-0.4, -0.2) is 117 Å². The predicted octanol–water partition coefficient (Wildman–Crippen LogP) is -3.16. The van der Waals surface area contributed by atoms with Gasteiger partial charge in [-0.1, -0.05) is 12.1 Å². The molecule has 0 spiro atoms. The Hall–Kier alpha value is -1.42. The molecule has 2 aliphatic heterocycles. The summed E-state index contributed by atoms with van der Waals surface area (Å²) < 4.78 is 26.8. The third-order valence-electron chi connectivity index (χ3n) is 5.55. The van der Waals surface area contributed by atoms with Crippen LogP contribution in [0.5, 0.6) is 5.75 Å². The second-order valence-electron chi connectivity index (χ2n) is 7.66. The molecule has 0 unspecified atom stereocenters. The van der Waals surface area contributed by atoms with E-state index in [9.17, 15) is 35.7 Å². The van der Waals surface area contributed by atoms with Crippen molar-refractivity contribution in [1.82, 2.24) is 0 Å². The zero-order valence-corrected chi connectivity index (χ0v) is 17.4. The summed E-state index contributed by atoms with van der Waals surface area (Å²) in [6.07, 6.45) is -14.7. The molecule has 3 rings (SSSR count).